The quantitative estimate of drug-likeness (QED) is 0.783. The lowest BCUT2D eigenvalue weighted by Gasteiger charge is -2.09. The largest absolute Gasteiger partial charge is 0.323 e. The summed E-state index contributed by atoms with van der Waals surface area (Å²) < 4.78 is 0.740. The Balaban J connectivity index is 2.04. The van der Waals surface area contributed by atoms with Crippen molar-refractivity contribution in [1.29, 1.82) is 0 Å². The van der Waals surface area contributed by atoms with Crippen molar-refractivity contribution in [3.63, 3.8) is 0 Å². The number of rotatable bonds is 2. The number of hydrogen-bond donors (Lipinski definition) is 2. The fraction of sp³-hybridized carbons (Fsp3) is 0.333. The van der Waals surface area contributed by atoms with Crippen LogP contribution in [0.2, 0.25) is 0 Å². The Hall–Kier alpha value is -0.940. The third kappa shape index (κ3) is 1.93. The van der Waals surface area contributed by atoms with Crippen molar-refractivity contribution in [1.82, 2.24) is 4.98 Å². The number of nitrogens with one attached hydrogen (secondary N) is 1. The van der Waals surface area contributed by atoms with Crippen LogP contribution in [0.5, 0.6) is 0 Å². The van der Waals surface area contributed by atoms with E-state index in [1.165, 1.54) is 0 Å². The van der Waals surface area contributed by atoms with Gasteiger partial charge in [0.05, 0.1) is 17.4 Å². The molecular formula is C9H10BrN3O. The van der Waals surface area contributed by atoms with Gasteiger partial charge in [-0.1, -0.05) is 0 Å². The Labute approximate surface area is 90.0 Å². The van der Waals surface area contributed by atoms with Crippen LogP contribution in [-0.2, 0) is 4.79 Å². The van der Waals surface area contributed by atoms with Crippen molar-refractivity contribution in [2.45, 2.75) is 18.4 Å². The van der Waals surface area contributed by atoms with Gasteiger partial charge in [-0.2, -0.15) is 0 Å². The van der Waals surface area contributed by atoms with Crippen LogP contribution in [0.15, 0.2) is 22.9 Å². The number of nitrogens with two attached hydrogens (primary N) is 1. The highest BCUT2D eigenvalue weighted by atomic mass is 79.9. The SMILES string of the molecule is NC1(C(=O)Nc2ccc(Br)nc2)CC1. The van der Waals surface area contributed by atoms with E-state index in [1.54, 1.807) is 18.3 Å². The zero-order valence-electron chi connectivity index (χ0n) is 7.46. The molecule has 1 amide bonds. The minimum absolute atomic E-state index is 0.123. The van der Waals surface area contributed by atoms with Crippen LogP contribution in [-0.4, -0.2) is 16.4 Å². The van der Waals surface area contributed by atoms with Crippen LogP contribution in [0.4, 0.5) is 5.69 Å². The number of pyridine rings is 1. The zero-order valence-corrected chi connectivity index (χ0v) is 9.04. The minimum atomic E-state index is -0.632. The maximum atomic E-state index is 11.5. The molecule has 3 N–H and O–H groups in total. The van der Waals surface area contributed by atoms with Gasteiger partial charge in [-0.15, -0.1) is 0 Å². The molecule has 0 aromatic carbocycles. The average Bonchev–Trinajstić information content (AvgIpc) is 2.89. The van der Waals surface area contributed by atoms with E-state index in [4.69, 9.17) is 5.73 Å². The van der Waals surface area contributed by atoms with Gasteiger partial charge < -0.3 is 11.1 Å². The smallest absolute Gasteiger partial charge is 0.244 e. The summed E-state index contributed by atoms with van der Waals surface area (Å²) in [5.74, 6) is -0.123. The number of carbonyl (C=O) groups is 1. The molecule has 0 bridgehead atoms. The summed E-state index contributed by atoms with van der Waals surface area (Å²) in [7, 11) is 0. The number of aromatic nitrogens is 1. The van der Waals surface area contributed by atoms with E-state index in [-0.39, 0.29) is 5.91 Å². The van der Waals surface area contributed by atoms with Crippen LogP contribution >= 0.6 is 15.9 Å². The minimum Gasteiger partial charge on any atom is -0.323 e. The maximum Gasteiger partial charge on any atom is 0.244 e. The van der Waals surface area contributed by atoms with Gasteiger partial charge in [0.15, 0.2) is 0 Å². The normalized spacial score (nSPS) is 17.6. The summed E-state index contributed by atoms with van der Waals surface area (Å²) in [6.45, 7) is 0. The highest BCUT2D eigenvalue weighted by Gasteiger charge is 2.45. The average molecular weight is 256 g/mol. The Morgan fingerprint density at radius 3 is 2.79 bits per heavy atom. The number of hydrogen-bond acceptors (Lipinski definition) is 3. The number of carbonyl (C=O) groups excluding carboxylic acids is 1. The Bertz CT molecular complexity index is 359. The molecule has 0 atom stereocenters. The molecule has 1 fully saturated rings. The molecular weight excluding hydrogens is 246 g/mol. The monoisotopic (exact) mass is 255 g/mol. The molecule has 1 aliphatic rings. The first-order valence-electron chi connectivity index (χ1n) is 4.32. The van der Waals surface area contributed by atoms with Crippen LogP contribution in [0.1, 0.15) is 12.8 Å². The van der Waals surface area contributed by atoms with E-state index in [0.717, 1.165) is 17.4 Å². The molecule has 1 aromatic heterocycles. The summed E-state index contributed by atoms with van der Waals surface area (Å²) >= 11 is 3.21. The summed E-state index contributed by atoms with van der Waals surface area (Å²) in [4.78, 5) is 15.5. The molecule has 4 nitrogen and oxygen atoms in total. The molecule has 5 heteroatoms. The van der Waals surface area contributed by atoms with Crippen molar-refractivity contribution in [3.05, 3.63) is 22.9 Å². The van der Waals surface area contributed by atoms with E-state index in [0.29, 0.717) is 5.69 Å². The lowest BCUT2D eigenvalue weighted by atomic mass is 10.2. The third-order valence-electron chi connectivity index (χ3n) is 2.23. The Morgan fingerprint density at radius 1 is 1.57 bits per heavy atom. The topological polar surface area (TPSA) is 68.0 Å². The Morgan fingerprint density at radius 2 is 2.29 bits per heavy atom. The van der Waals surface area contributed by atoms with Crippen LogP contribution in [0.3, 0.4) is 0 Å². The molecule has 0 aliphatic heterocycles. The van der Waals surface area contributed by atoms with E-state index in [9.17, 15) is 4.79 Å². The van der Waals surface area contributed by atoms with Gasteiger partial charge in [0, 0.05) is 0 Å². The van der Waals surface area contributed by atoms with Crippen molar-refractivity contribution in [3.8, 4) is 0 Å². The van der Waals surface area contributed by atoms with Crippen LogP contribution in [0, 0.1) is 0 Å². The van der Waals surface area contributed by atoms with Gasteiger partial charge in [-0.3, -0.25) is 4.79 Å². The van der Waals surface area contributed by atoms with Crippen LogP contribution < -0.4 is 11.1 Å². The highest BCUT2D eigenvalue weighted by molar-refractivity contribution is 9.10. The summed E-state index contributed by atoms with van der Waals surface area (Å²) in [6, 6.07) is 3.55. The molecule has 0 saturated heterocycles. The lowest BCUT2D eigenvalue weighted by Crippen LogP contribution is -2.37. The highest BCUT2D eigenvalue weighted by Crippen LogP contribution is 2.33. The lowest BCUT2D eigenvalue weighted by molar-refractivity contribution is -0.118. The number of nitrogens with zero attached hydrogens (tertiary/aromatic N) is 1. The molecule has 1 aromatic rings. The number of amides is 1. The van der Waals surface area contributed by atoms with E-state index >= 15 is 0 Å². The molecule has 1 heterocycles. The molecule has 74 valence electrons. The van der Waals surface area contributed by atoms with Crippen LogP contribution in [0.25, 0.3) is 0 Å². The number of anilines is 1. The fourth-order valence-corrected chi connectivity index (χ4v) is 1.30. The Kier molecular flexibility index (Phi) is 2.28. The maximum absolute atomic E-state index is 11.5. The van der Waals surface area contributed by atoms with Gasteiger partial charge in [0.2, 0.25) is 5.91 Å². The molecule has 0 radical (unpaired) electrons. The van der Waals surface area contributed by atoms with Crippen molar-refractivity contribution in [2.75, 3.05) is 5.32 Å². The first-order chi connectivity index (χ1) is 6.60. The fourth-order valence-electron chi connectivity index (χ4n) is 1.07. The summed E-state index contributed by atoms with van der Waals surface area (Å²) in [6.07, 6.45) is 3.12. The number of halogens is 1. The molecule has 2 rings (SSSR count). The zero-order chi connectivity index (χ0) is 10.2. The first kappa shape index (κ1) is 9.61. The molecule has 0 unspecified atom stereocenters. The van der Waals surface area contributed by atoms with E-state index in [1.807, 2.05) is 0 Å². The van der Waals surface area contributed by atoms with Crippen molar-refractivity contribution >= 4 is 27.5 Å². The molecule has 1 aliphatic carbocycles. The van der Waals surface area contributed by atoms with Crippen molar-refractivity contribution in [2.24, 2.45) is 5.73 Å². The summed E-state index contributed by atoms with van der Waals surface area (Å²) in [5.41, 5.74) is 5.77. The van der Waals surface area contributed by atoms with Crippen molar-refractivity contribution < 1.29 is 4.79 Å². The standard InChI is InChI=1S/C9H10BrN3O/c10-7-2-1-6(5-12-7)13-8(14)9(11)3-4-9/h1-2,5H,3-4,11H2,(H,13,14). The van der Waals surface area contributed by atoms with Gasteiger partial charge >= 0.3 is 0 Å². The van der Waals surface area contributed by atoms with Gasteiger partial charge in [0.25, 0.3) is 0 Å². The predicted octanol–water partition coefficient (Wildman–Crippen LogP) is 1.27. The third-order valence-corrected chi connectivity index (χ3v) is 2.70. The molecule has 14 heavy (non-hydrogen) atoms. The van der Waals surface area contributed by atoms with Gasteiger partial charge in [-0.25, -0.2) is 4.98 Å². The second kappa shape index (κ2) is 3.33. The van der Waals surface area contributed by atoms with E-state index in [2.05, 4.69) is 26.2 Å². The van der Waals surface area contributed by atoms with Gasteiger partial charge in [-0.05, 0) is 40.9 Å². The predicted molar refractivity (Wildman–Crippen MR) is 56.7 cm³/mol. The second-order valence-electron chi connectivity index (χ2n) is 3.48. The molecule has 0 spiro atoms. The van der Waals surface area contributed by atoms with Gasteiger partial charge in [0.1, 0.15) is 4.60 Å². The first-order valence-corrected chi connectivity index (χ1v) is 5.11. The summed E-state index contributed by atoms with van der Waals surface area (Å²) in [5, 5.41) is 2.72. The second-order valence-corrected chi connectivity index (χ2v) is 4.29. The van der Waals surface area contributed by atoms with E-state index < -0.39 is 5.54 Å². The molecule has 1 saturated carbocycles.